The van der Waals surface area contributed by atoms with Gasteiger partial charge in [-0.15, -0.1) is 0 Å². The molecule has 1 aliphatic carbocycles. The highest BCUT2D eigenvalue weighted by molar-refractivity contribution is 5.79. The Bertz CT molecular complexity index is 1050. The van der Waals surface area contributed by atoms with Crippen LogP contribution in [0.3, 0.4) is 0 Å². The van der Waals surface area contributed by atoms with Gasteiger partial charge in [-0.2, -0.15) is 0 Å². The summed E-state index contributed by atoms with van der Waals surface area (Å²) in [5, 5.41) is 0. The number of nitrogens with zero attached hydrogens (tertiary/aromatic N) is 1. The molecule has 4 rings (SSSR count). The molecule has 6 nitrogen and oxygen atoms in total. The molecule has 0 atom stereocenters. The van der Waals surface area contributed by atoms with Crippen molar-refractivity contribution in [2.24, 2.45) is 0 Å². The van der Waals surface area contributed by atoms with Crippen LogP contribution in [0, 0.1) is 0 Å². The van der Waals surface area contributed by atoms with Gasteiger partial charge < -0.3 is 19.1 Å². The molecule has 6 heteroatoms. The van der Waals surface area contributed by atoms with E-state index in [0.29, 0.717) is 44.3 Å². The molecule has 0 spiro atoms. The number of hydrogen-bond donors (Lipinski definition) is 0. The van der Waals surface area contributed by atoms with E-state index in [2.05, 4.69) is 24.3 Å². The summed E-state index contributed by atoms with van der Waals surface area (Å²) < 4.78 is 16.8. The largest absolute Gasteiger partial charge is 0.491 e. The van der Waals surface area contributed by atoms with Gasteiger partial charge in [0, 0.05) is 25.1 Å². The van der Waals surface area contributed by atoms with Gasteiger partial charge in [0.05, 0.1) is 13.2 Å². The number of hydrogen-bond acceptors (Lipinski definition) is 5. The van der Waals surface area contributed by atoms with Crippen LogP contribution in [-0.2, 0) is 9.47 Å². The fourth-order valence-corrected chi connectivity index (χ4v) is 3.96. The molecule has 0 saturated carbocycles. The molecule has 1 aliphatic rings. The van der Waals surface area contributed by atoms with Crippen molar-refractivity contribution in [3.8, 4) is 16.9 Å². The highest BCUT2D eigenvalue weighted by Gasteiger charge is 2.29. The van der Waals surface area contributed by atoms with E-state index in [1.807, 2.05) is 24.3 Å². The van der Waals surface area contributed by atoms with Crippen LogP contribution in [0.4, 0.5) is 4.79 Å². The van der Waals surface area contributed by atoms with Gasteiger partial charge in [-0.3, -0.25) is 4.79 Å². The maximum Gasteiger partial charge on any atom is 0.409 e. The Labute approximate surface area is 193 Å². The molecule has 0 unspecified atom stereocenters. The summed E-state index contributed by atoms with van der Waals surface area (Å²) in [5.41, 5.74) is 5.40. The van der Waals surface area contributed by atoms with Crippen molar-refractivity contribution in [3.05, 3.63) is 89.5 Å². The van der Waals surface area contributed by atoms with E-state index in [4.69, 9.17) is 14.2 Å². The second kappa shape index (κ2) is 10.8. The first-order valence-electron chi connectivity index (χ1n) is 11.0. The Morgan fingerprint density at radius 3 is 2.15 bits per heavy atom. The molecule has 0 aliphatic heterocycles. The second-order valence-electron chi connectivity index (χ2n) is 7.87. The number of likely N-dealkylation sites (N-methyl/N-ethyl adjacent to an activating group) is 1. The molecule has 0 N–H and O–H groups in total. The molecule has 3 aromatic rings. The molecule has 0 saturated heterocycles. The minimum absolute atomic E-state index is 0.0451. The minimum atomic E-state index is -0.369. The fraction of sp³-hybridized carbons (Fsp3) is 0.259. The molecular formula is C27H27NO5. The smallest absolute Gasteiger partial charge is 0.409 e. The zero-order valence-corrected chi connectivity index (χ0v) is 18.6. The van der Waals surface area contributed by atoms with E-state index in [9.17, 15) is 9.59 Å². The van der Waals surface area contributed by atoms with Crippen LogP contribution >= 0.6 is 0 Å². The predicted octanol–water partition coefficient (Wildman–Crippen LogP) is 4.78. The van der Waals surface area contributed by atoms with Gasteiger partial charge in [0.2, 0.25) is 0 Å². The van der Waals surface area contributed by atoms with Gasteiger partial charge in [0.1, 0.15) is 25.2 Å². The molecule has 0 heterocycles. The van der Waals surface area contributed by atoms with E-state index in [1.54, 1.807) is 31.3 Å². The third-order valence-electron chi connectivity index (χ3n) is 5.73. The van der Waals surface area contributed by atoms with Crippen molar-refractivity contribution < 1.29 is 23.8 Å². The number of carbonyl (C=O) groups excluding carboxylic acids is 2. The summed E-state index contributed by atoms with van der Waals surface area (Å²) in [5.74, 6) is 0.726. The highest BCUT2D eigenvalue weighted by Crippen LogP contribution is 2.44. The van der Waals surface area contributed by atoms with Crippen molar-refractivity contribution in [1.82, 2.24) is 4.90 Å². The monoisotopic (exact) mass is 445 g/mol. The molecule has 0 aromatic heterocycles. The number of benzene rings is 3. The molecule has 33 heavy (non-hydrogen) atoms. The first kappa shape index (κ1) is 22.6. The molecule has 0 bridgehead atoms. The zero-order chi connectivity index (χ0) is 23.0. The summed E-state index contributed by atoms with van der Waals surface area (Å²) >= 11 is 0. The van der Waals surface area contributed by atoms with Crippen LogP contribution in [0.2, 0.25) is 0 Å². The zero-order valence-electron chi connectivity index (χ0n) is 18.6. The summed E-state index contributed by atoms with van der Waals surface area (Å²) in [6.45, 7) is 1.89. The lowest BCUT2D eigenvalue weighted by molar-refractivity contribution is 0.0704. The summed E-state index contributed by atoms with van der Waals surface area (Å²) in [7, 11) is 1.70. The Balaban J connectivity index is 1.18. The van der Waals surface area contributed by atoms with Crippen molar-refractivity contribution in [2.75, 3.05) is 40.0 Å². The predicted molar refractivity (Wildman–Crippen MR) is 126 cm³/mol. The Hall–Kier alpha value is -3.64. The normalized spacial score (nSPS) is 12.0. The Kier molecular flexibility index (Phi) is 7.37. The van der Waals surface area contributed by atoms with Crippen LogP contribution in [0.5, 0.6) is 5.75 Å². The van der Waals surface area contributed by atoms with Crippen LogP contribution in [0.1, 0.15) is 27.4 Å². The third-order valence-corrected chi connectivity index (χ3v) is 5.73. The number of ether oxygens (including phenoxy) is 3. The number of carbonyl (C=O) groups is 2. The first-order valence-corrected chi connectivity index (χ1v) is 11.0. The van der Waals surface area contributed by atoms with E-state index in [1.165, 1.54) is 27.2 Å². The number of aldehydes is 1. The molecule has 0 radical (unpaired) electrons. The Morgan fingerprint density at radius 1 is 0.879 bits per heavy atom. The lowest BCUT2D eigenvalue weighted by atomic mass is 9.98. The van der Waals surface area contributed by atoms with Gasteiger partial charge in [-0.25, -0.2) is 4.79 Å². The van der Waals surface area contributed by atoms with Gasteiger partial charge in [0.25, 0.3) is 0 Å². The standard InChI is InChI=1S/C27H27NO5/c1-28(14-15-31-16-17-32-21-12-10-20(18-29)11-13-21)27(30)33-19-26-24-8-4-2-6-22(24)23-7-3-5-9-25(23)26/h2-13,18,26H,14-17,19H2,1H3. The van der Waals surface area contributed by atoms with Gasteiger partial charge in [-0.1, -0.05) is 48.5 Å². The minimum Gasteiger partial charge on any atom is -0.491 e. The Morgan fingerprint density at radius 2 is 1.52 bits per heavy atom. The van der Waals surface area contributed by atoms with Crippen LogP contribution in [-0.4, -0.2) is 57.3 Å². The average Bonchev–Trinajstić information content (AvgIpc) is 3.18. The lowest BCUT2D eigenvalue weighted by Crippen LogP contribution is -2.32. The molecule has 170 valence electrons. The second-order valence-corrected chi connectivity index (χ2v) is 7.87. The van der Waals surface area contributed by atoms with E-state index in [-0.39, 0.29) is 12.0 Å². The lowest BCUT2D eigenvalue weighted by Gasteiger charge is -2.19. The van der Waals surface area contributed by atoms with Crippen LogP contribution in [0.25, 0.3) is 11.1 Å². The number of rotatable bonds is 10. The quantitative estimate of drug-likeness (QED) is 0.332. The SMILES string of the molecule is CN(CCOCCOc1ccc(C=O)cc1)C(=O)OCC1c2ccccc2-c2ccccc21. The van der Waals surface area contributed by atoms with E-state index >= 15 is 0 Å². The fourth-order valence-electron chi connectivity index (χ4n) is 3.96. The molecule has 1 amide bonds. The maximum absolute atomic E-state index is 12.5. The van der Waals surface area contributed by atoms with Gasteiger partial charge >= 0.3 is 6.09 Å². The maximum atomic E-state index is 12.5. The summed E-state index contributed by atoms with van der Waals surface area (Å²) in [4.78, 5) is 24.7. The highest BCUT2D eigenvalue weighted by atomic mass is 16.6. The van der Waals surface area contributed by atoms with E-state index in [0.717, 1.165) is 6.29 Å². The van der Waals surface area contributed by atoms with Crippen molar-refractivity contribution in [1.29, 1.82) is 0 Å². The van der Waals surface area contributed by atoms with Crippen molar-refractivity contribution in [2.45, 2.75) is 5.92 Å². The first-order chi connectivity index (χ1) is 16.2. The van der Waals surface area contributed by atoms with Crippen molar-refractivity contribution in [3.63, 3.8) is 0 Å². The number of fused-ring (bicyclic) bond motifs is 3. The van der Waals surface area contributed by atoms with Gasteiger partial charge in [-0.05, 0) is 46.5 Å². The topological polar surface area (TPSA) is 65.1 Å². The molecular weight excluding hydrogens is 418 g/mol. The van der Waals surface area contributed by atoms with Crippen LogP contribution < -0.4 is 4.74 Å². The van der Waals surface area contributed by atoms with E-state index < -0.39 is 0 Å². The summed E-state index contributed by atoms with van der Waals surface area (Å²) in [6.07, 6.45) is 0.423. The third kappa shape index (κ3) is 5.41. The van der Waals surface area contributed by atoms with Crippen molar-refractivity contribution >= 4 is 12.4 Å². The van der Waals surface area contributed by atoms with Gasteiger partial charge in [0.15, 0.2) is 0 Å². The average molecular weight is 446 g/mol. The summed E-state index contributed by atoms with van der Waals surface area (Å²) in [6, 6.07) is 23.4. The van der Waals surface area contributed by atoms with Crippen LogP contribution in [0.15, 0.2) is 72.8 Å². The molecule has 0 fully saturated rings. The number of amides is 1. The molecule has 3 aromatic carbocycles.